The molecule has 0 fully saturated rings. The smallest absolute Gasteiger partial charge is 0.330 e. The number of halogens is 1. The van der Waals surface area contributed by atoms with Crippen molar-refractivity contribution in [1.82, 2.24) is 5.32 Å². The number of benzene rings is 1. The zero-order chi connectivity index (χ0) is 18.5. The Labute approximate surface area is 143 Å². The Morgan fingerprint density at radius 3 is 2.92 bits per heavy atom. The predicted molar refractivity (Wildman–Crippen MR) is 85.5 cm³/mol. The van der Waals surface area contributed by atoms with Gasteiger partial charge in [0, 0.05) is 4.91 Å². The summed E-state index contributed by atoms with van der Waals surface area (Å²) in [6.45, 7) is -1.04. The van der Waals surface area contributed by atoms with E-state index >= 15 is 0 Å². The van der Waals surface area contributed by atoms with Gasteiger partial charge in [-0.15, -0.1) is 0 Å². The predicted octanol–water partition coefficient (Wildman–Crippen LogP) is 1.52. The van der Waals surface area contributed by atoms with Gasteiger partial charge in [0.1, 0.15) is 25.6 Å². The molecule has 0 aliphatic rings. The molecule has 0 heterocycles. The Morgan fingerprint density at radius 2 is 2.24 bits per heavy atom. The molecule has 0 bridgehead atoms. The number of esters is 1. The second kappa shape index (κ2) is 11.7. The number of hydrogen-bond acceptors (Lipinski definition) is 6. The van der Waals surface area contributed by atoms with E-state index < -0.39 is 31.1 Å². The van der Waals surface area contributed by atoms with Gasteiger partial charge in [-0.05, 0) is 23.2 Å². The molecular weight excluding hydrogens is 335 g/mol. The summed E-state index contributed by atoms with van der Waals surface area (Å²) < 4.78 is 27.3. The average Bonchev–Trinajstić information content (AvgIpc) is 2.63. The summed E-state index contributed by atoms with van der Waals surface area (Å²) in [7, 11) is 1.18. The van der Waals surface area contributed by atoms with Crippen LogP contribution >= 0.6 is 0 Å². The Kier molecular flexibility index (Phi) is 9.42. The third-order valence-corrected chi connectivity index (χ3v) is 2.90. The molecule has 0 aromatic heterocycles. The number of carbonyl (C=O) groups excluding carboxylic acids is 2. The van der Waals surface area contributed by atoms with E-state index in [0.29, 0.717) is 5.75 Å². The number of nitrogens with zero attached hydrogens (tertiary/aromatic N) is 3. The number of rotatable bonds is 11. The standard InChI is InChI=1S/C15H19FN4O5/c1-23-15(22)13(19-14(21)8-18-20-17)10-24-9-11-3-2-4-12(7-11)25-6-5-16/h2-4,7,13H,5-6,8-10H2,1H3,(H,19,21). The highest BCUT2D eigenvalue weighted by atomic mass is 19.1. The van der Waals surface area contributed by atoms with E-state index in [0.717, 1.165) is 5.56 Å². The molecule has 9 nitrogen and oxygen atoms in total. The van der Waals surface area contributed by atoms with Gasteiger partial charge < -0.3 is 19.5 Å². The lowest BCUT2D eigenvalue weighted by Gasteiger charge is -2.16. The summed E-state index contributed by atoms with van der Waals surface area (Å²) >= 11 is 0. The first-order chi connectivity index (χ1) is 12.1. The van der Waals surface area contributed by atoms with Gasteiger partial charge in [-0.3, -0.25) is 4.79 Å². The van der Waals surface area contributed by atoms with Crippen LogP contribution in [-0.4, -0.2) is 51.5 Å². The number of ether oxygens (including phenoxy) is 3. The van der Waals surface area contributed by atoms with Crippen LogP contribution in [0.15, 0.2) is 29.4 Å². The number of nitrogens with one attached hydrogen (secondary N) is 1. The average molecular weight is 354 g/mol. The fourth-order valence-electron chi connectivity index (χ4n) is 1.82. The zero-order valence-corrected chi connectivity index (χ0v) is 13.7. The van der Waals surface area contributed by atoms with Crippen molar-refractivity contribution in [2.75, 3.05) is 33.5 Å². The minimum atomic E-state index is -1.03. The first-order valence-corrected chi connectivity index (χ1v) is 7.34. The first-order valence-electron chi connectivity index (χ1n) is 7.34. The molecule has 0 aliphatic heterocycles. The van der Waals surface area contributed by atoms with E-state index in [1.807, 2.05) is 0 Å². The zero-order valence-electron chi connectivity index (χ0n) is 13.7. The van der Waals surface area contributed by atoms with Crippen molar-refractivity contribution in [1.29, 1.82) is 0 Å². The molecule has 25 heavy (non-hydrogen) atoms. The molecule has 1 atom stereocenters. The molecule has 0 spiro atoms. The molecular formula is C15H19FN4O5. The molecule has 1 aromatic carbocycles. The van der Waals surface area contributed by atoms with Crippen LogP contribution < -0.4 is 10.1 Å². The highest BCUT2D eigenvalue weighted by Crippen LogP contribution is 2.14. The van der Waals surface area contributed by atoms with Crippen LogP contribution in [0.5, 0.6) is 5.75 Å². The van der Waals surface area contributed by atoms with Crippen molar-refractivity contribution in [2.45, 2.75) is 12.6 Å². The van der Waals surface area contributed by atoms with E-state index in [9.17, 15) is 14.0 Å². The van der Waals surface area contributed by atoms with Crippen LogP contribution in [0.1, 0.15) is 5.56 Å². The summed E-state index contributed by atoms with van der Waals surface area (Å²) in [6.07, 6.45) is 0. The van der Waals surface area contributed by atoms with Gasteiger partial charge >= 0.3 is 5.97 Å². The highest BCUT2D eigenvalue weighted by molar-refractivity contribution is 5.85. The van der Waals surface area contributed by atoms with Gasteiger partial charge in [0.2, 0.25) is 5.91 Å². The van der Waals surface area contributed by atoms with Gasteiger partial charge in [-0.25, -0.2) is 9.18 Å². The molecule has 136 valence electrons. The van der Waals surface area contributed by atoms with Crippen molar-refractivity contribution < 1.29 is 28.2 Å². The second-order valence-electron chi connectivity index (χ2n) is 4.73. The Bertz CT molecular complexity index is 622. The molecule has 0 aliphatic carbocycles. The normalized spacial score (nSPS) is 11.1. The van der Waals surface area contributed by atoms with E-state index in [1.165, 1.54) is 7.11 Å². The Morgan fingerprint density at radius 1 is 1.44 bits per heavy atom. The quantitative estimate of drug-likeness (QED) is 0.279. The minimum absolute atomic E-state index is 0.0358. The maximum Gasteiger partial charge on any atom is 0.330 e. The topological polar surface area (TPSA) is 123 Å². The third kappa shape index (κ3) is 8.00. The van der Waals surface area contributed by atoms with Crippen molar-refractivity contribution >= 4 is 11.9 Å². The lowest BCUT2D eigenvalue weighted by Crippen LogP contribution is -2.45. The summed E-state index contributed by atoms with van der Waals surface area (Å²) in [6, 6.07) is 5.84. The molecule has 0 saturated carbocycles. The number of azide groups is 1. The number of amides is 1. The molecule has 1 unspecified atom stereocenters. The van der Waals surface area contributed by atoms with Crippen LogP contribution in [0, 0.1) is 0 Å². The Balaban J connectivity index is 2.54. The second-order valence-corrected chi connectivity index (χ2v) is 4.73. The van der Waals surface area contributed by atoms with Crippen molar-refractivity contribution in [3.8, 4) is 5.75 Å². The molecule has 1 aromatic rings. The lowest BCUT2D eigenvalue weighted by atomic mass is 10.2. The molecule has 1 rings (SSSR count). The van der Waals surface area contributed by atoms with Crippen molar-refractivity contribution in [3.63, 3.8) is 0 Å². The van der Waals surface area contributed by atoms with E-state index in [4.69, 9.17) is 15.0 Å². The number of carbonyl (C=O) groups is 2. The van der Waals surface area contributed by atoms with Crippen LogP contribution in [0.4, 0.5) is 4.39 Å². The van der Waals surface area contributed by atoms with E-state index in [-0.39, 0.29) is 19.8 Å². The van der Waals surface area contributed by atoms with Gasteiger partial charge in [0.15, 0.2) is 6.04 Å². The summed E-state index contributed by atoms with van der Waals surface area (Å²) in [5, 5.41) is 5.47. The van der Waals surface area contributed by atoms with Crippen LogP contribution in [0.2, 0.25) is 0 Å². The van der Waals surface area contributed by atoms with Gasteiger partial charge in [-0.1, -0.05) is 17.2 Å². The number of alkyl halides is 1. The van der Waals surface area contributed by atoms with Gasteiger partial charge in [-0.2, -0.15) is 0 Å². The van der Waals surface area contributed by atoms with Gasteiger partial charge in [0.25, 0.3) is 0 Å². The van der Waals surface area contributed by atoms with Crippen LogP contribution in [0.3, 0.4) is 0 Å². The number of methoxy groups -OCH3 is 1. The fraction of sp³-hybridized carbons (Fsp3) is 0.467. The SMILES string of the molecule is COC(=O)C(COCc1cccc(OCCF)c1)NC(=O)CN=[N+]=[N-]. The maximum absolute atomic E-state index is 12.1. The molecule has 0 saturated heterocycles. The van der Waals surface area contributed by atoms with Gasteiger partial charge in [0.05, 0.1) is 20.3 Å². The van der Waals surface area contributed by atoms with E-state index in [1.54, 1.807) is 24.3 Å². The minimum Gasteiger partial charge on any atom is -0.491 e. The first kappa shape index (κ1) is 20.2. The number of hydrogen-bond donors (Lipinski definition) is 1. The van der Waals surface area contributed by atoms with Crippen molar-refractivity contribution in [3.05, 3.63) is 40.3 Å². The van der Waals surface area contributed by atoms with Crippen LogP contribution in [0.25, 0.3) is 10.4 Å². The Hall–Kier alpha value is -2.84. The molecule has 0 radical (unpaired) electrons. The monoisotopic (exact) mass is 354 g/mol. The molecule has 10 heteroatoms. The largest absolute Gasteiger partial charge is 0.491 e. The van der Waals surface area contributed by atoms with Crippen LogP contribution in [-0.2, 0) is 25.7 Å². The third-order valence-electron chi connectivity index (χ3n) is 2.90. The lowest BCUT2D eigenvalue weighted by molar-refractivity contribution is -0.146. The van der Waals surface area contributed by atoms with Crippen molar-refractivity contribution in [2.24, 2.45) is 5.11 Å². The fourth-order valence-corrected chi connectivity index (χ4v) is 1.82. The summed E-state index contributed by atoms with van der Waals surface area (Å²) in [5.41, 5.74) is 8.93. The molecule has 1 amide bonds. The summed E-state index contributed by atoms with van der Waals surface area (Å²) in [5.74, 6) is -0.807. The highest BCUT2D eigenvalue weighted by Gasteiger charge is 2.21. The molecule has 1 N–H and O–H groups in total. The maximum atomic E-state index is 12.1. The van der Waals surface area contributed by atoms with E-state index in [2.05, 4.69) is 20.1 Å². The summed E-state index contributed by atoms with van der Waals surface area (Å²) in [4.78, 5) is 25.6.